The van der Waals surface area contributed by atoms with Crippen LogP contribution in [-0.4, -0.2) is 22.6 Å². The van der Waals surface area contributed by atoms with E-state index in [4.69, 9.17) is 10.7 Å². The Bertz CT molecular complexity index is 1100. The fraction of sp³-hybridized carbons (Fsp3) is 0.391. The number of nitrogens with two attached hydrogens (primary N) is 1. The van der Waals surface area contributed by atoms with Crippen molar-refractivity contribution in [1.82, 2.24) is 9.97 Å². The van der Waals surface area contributed by atoms with Crippen molar-refractivity contribution in [2.45, 2.75) is 45.8 Å². The molecule has 0 saturated carbocycles. The Balaban J connectivity index is 1.78. The van der Waals surface area contributed by atoms with E-state index in [0.717, 1.165) is 48.2 Å². The number of alkyl halides is 3. The zero-order valence-electron chi connectivity index (χ0n) is 17.8. The van der Waals surface area contributed by atoms with Crippen molar-refractivity contribution in [3.8, 4) is 0 Å². The van der Waals surface area contributed by atoms with Crippen LogP contribution >= 0.6 is 0 Å². The first-order chi connectivity index (χ1) is 14.5. The lowest BCUT2D eigenvalue weighted by Crippen LogP contribution is -2.40. The number of nitrogens with zero attached hydrogens (tertiary/aromatic N) is 3. The van der Waals surface area contributed by atoms with Crippen LogP contribution in [0.2, 0.25) is 0 Å². The predicted octanol–water partition coefficient (Wildman–Crippen LogP) is 5.99. The number of hydrogen-bond acceptors (Lipinski definition) is 5. The SMILES string of the molecule is CC(C)(C)[C@@H]1CCCN1c1nc(Nc2cc(N)cc(C(F)(F)F)c2)nc2ccccc12. The van der Waals surface area contributed by atoms with Gasteiger partial charge in [-0.1, -0.05) is 32.9 Å². The maximum Gasteiger partial charge on any atom is 0.416 e. The van der Waals surface area contributed by atoms with Gasteiger partial charge in [0, 0.05) is 29.3 Å². The predicted molar refractivity (Wildman–Crippen MR) is 119 cm³/mol. The number of para-hydroxylation sites is 1. The van der Waals surface area contributed by atoms with Gasteiger partial charge in [-0.2, -0.15) is 18.2 Å². The molecule has 4 rings (SSSR count). The largest absolute Gasteiger partial charge is 0.416 e. The van der Waals surface area contributed by atoms with Crippen molar-refractivity contribution >= 4 is 34.0 Å². The first-order valence-electron chi connectivity index (χ1n) is 10.3. The van der Waals surface area contributed by atoms with Gasteiger partial charge < -0.3 is 16.0 Å². The van der Waals surface area contributed by atoms with E-state index in [1.54, 1.807) is 0 Å². The second-order valence-corrected chi connectivity index (χ2v) is 9.07. The zero-order valence-corrected chi connectivity index (χ0v) is 17.8. The molecule has 31 heavy (non-hydrogen) atoms. The molecule has 2 heterocycles. The summed E-state index contributed by atoms with van der Waals surface area (Å²) in [5.74, 6) is 1.04. The summed E-state index contributed by atoms with van der Waals surface area (Å²) in [4.78, 5) is 11.6. The quantitative estimate of drug-likeness (QED) is 0.501. The van der Waals surface area contributed by atoms with Crippen LogP contribution in [0.1, 0.15) is 39.2 Å². The Morgan fingerprint density at radius 3 is 2.52 bits per heavy atom. The molecule has 0 spiro atoms. The van der Waals surface area contributed by atoms with E-state index in [1.807, 2.05) is 24.3 Å². The van der Waals surface area contributed by atoms with Crippen molar-refractivity contribution in [2.24, 2.45) is 5.41 Å². The number of hydrogen-bond donors (Lipinski definition) is 2. The number of fused-ring (bicyclic) bond motifs is 1. The van der Waals surface area contributed by atoms with Crippen molar-refractivity contribution in [2.75, 3.05) is 22.5 Å². The molecule has 1 aliphatic heterocycles. The van der Waals surface area contributed by atoms with Crippen LogP contribution in [0.15, 0.2) is 42.5 Å². The number of anilines is 4. The molecular weight excluding hydrogens is 403 g/mol. The lowest BCUT2D eigenvalue weighted by atomic mass is 9.85. The molecule has 164 valence electrons. The number of halogens is 3. The van der Waals surface area contributed by atoms with Gasteiger partial charge in [-0.15, -0.1) is 0 Å². The number of nitrogens with one attached hydrogen (secondary N) is 1. The zero-order chi connectivity index (χ0) is 22.4. The first-order valence-corrected chi connectivity index (χ1v) is 10.3. The Morgan fingerprint density at radius 1 is 1.06 bits per heavy atom. The molecule has 1 fully saturated rings. The van der Waals surface area contributed by atoms with Crippen LogP contribution in [0.4, 0.5) is 36.3 Å². The number of aromatic nitrogens is 2. The average molecular weight is 429 g/mol. The summed E-state index contributed by atoms with van der Waals surface area (Å²) in [5.41, 5.74) is 5.90. The number of benzene rings is 2. The first kappa shape index (κ1) is 21.2. The highest BCUT2D eigenvalue weighted by atomic mass is 19.4. The summed E-state index contributed by atoms with van der Waals surface area (Å²) in [6.45, 7) is 7.51. The maximum absolute atomic E-state index is 13.2. The fourth-order valence-corrected chi connectivity index (χ4v) is 4.27. The average Bonchev–Trinajstić information content (AvgIpc) is 3.16. The van der Waals surface area contributed by atoms with E-state index in [0.29, 0.717) is 6.04 Å². The van der Waals surface area contributed by atoms with Crippen LogP contribution in [0, 0.1) is 5.41 Å². The minimum atomic E-state index is -4.49. The highest BCUT2D eigenvalue weighted by Crippen LogP contribution is 2.39. The molecule has 1 atom stereocenters. The van der Waals surface area contributed by atoms with Gasteiger partial charge >= 0.3 is 6.18 Å². The second-order valence-electron chi connectivity index (χ2n) is 9.07. The van der Waals surface area contributed by atoms with Gasteiger partial charge in [0.15, 0.2) is 0 Å². The maximum atomic E-state index is 13.2. The highest BCUT2D eigenvalue weighted by Gasteiger charge is 2.36. The minimum absolute atomic E-state index is 0.0191. The van der Waals surface area contributed by atoms with Gasteiger partial charge in [0.1, 0.15) is 5.82 Å². The van der Waals surface area contributed by atoms with Gasteiger partial charge in [0.05, 0.1) is 11.1 Å². The molecule has 1 saturated heterocycles. The normalized spacial score (nSPS) is 17.4. The summed E-state index contributed by atoms with van der Waals surface area (Å²) in [6.07, 6.45) is -2.36. The molecule has 3 aromatic rings. The lowest BCUT2D eigenvalue weighted by molar-refractivity contribution is -0.137. The Morgan fingerprint density at radius 2 is 1.81 bits per heavy atom. The van der Waals surface area contributed by atoms with E-state index < -0.39 is 11.7 Å². The molecule has 0 bridgehead atoms. The molecular formula is C23H26F3N5. The molecule has 1 aromatic heterocycles. The van der Waals surface area contributed by atoms with Crippen molar-refractivity contribution < 1.29 is 13.2 Å². The van der Waals surface area contributed by atoms with Gasteiger partial charge in [0.2, 0.25) is 5.95 Å². The van der Waals surface area contributed by atoms with Crippen LogP contribution in [0.25, 0.3) is 10.9 Å². The van der Waals surface area contributed by atoms with Gasteiger partial charge in [-0.25, -0.2) is 4.98 Å². The lowest BCUT2D eigenvalue weighted by Gasteiger charge is -2.36. The molecule has 5 nitrogen and oxygen atoms in total. The topological polar surface area (TPSA) is 67.1 Å². The van der Waals surface area contributed by atoms with E-state index in [2.05, 4.69) is 36.0 Å². The summed E-state index contributed by atoms with van der Waals surface area (Å²) in [5, 5.41) is 3.86. The van der Waals surface area contributed by atoms with E-state index >= 15 is 0 Å². The molecule has 0 unspecified atom stereocenters. The minimum Gasteiger partial charge on any atom is -0.399 e. The van der Waals surface area contributed by atoms with Crippen LogP contribution < -0.4 is 16.0 Å². The Hall–Kier alpha value is -3.03. The summed E-state index contributed by atoms with van der Waals surface area (Å²) < 4.78 is 39.6. The summed E-state index contributed by atoms with van der Waals surface area (Å²) in [6, 6.07) is 11.4. The van der Waals surface area contributed by atoms with Gasteiger partial charge in [-0.05, 0) is 48.6 Å². The Labute approximate surface area is 179 Å². The molecule has 1 aliphatic rings. The molecule has 0 amide bonds. The third-order valence-corrected chi connectivity index (χ3v) is 5.65. The Kier molecular flexibility index (Phi) is 5.19. The molecule has 0 aliphatic carbocycles. The molecule has 3 N–H and O–H groups in total. The number of nitrogen functional groups attached to an aromatic ring is 1. The molecule has 2 aromatic carbocycles. The highest BCUT2D eigenvalue weighted by molar-refractivity contribution is 5.91. The van der Waals surface area contributed by atoms with Gasteiger partial charge in [-0.3, -0.25) is 0 Å². The third-order valence-electron chi connectivity index (χ3n) is 5.65. The van der Waals surface area contributed by atoms with E-state index in [9.17, 15) is 13.2 Å². The summed E-state index contributed by atoms with van der Waals surface area (Å²) >= 11 is 0. The van der Waals surface area contributed by atoms with E-state index in [-0.39, 0.29) is 22.7 Å². The van der Waals surface area contributed by atoms with Crippen molar-refractivity contribution in [3.05, 3.63) is 48.0 Å². The third kappa shape index (κ3) is 4.38. The smallest absolute Gasteiger partial charge is 0.399 e. The molecule has 8 heteroatoms. The van der Waals surface area contributed by atoms with Crippen LogP contribution in [0.3, 0.4) is 0 Å². The molecule has 0 radical (unpaired) electrons. The van der Waals surface area contributed by atoms with Crippen LogP contribution in [-0.2, 0) is 6.18 Å². The van der Waals surface area contributed by atoms with Crippen LogP contribution in [0.5, 0.6) is 0 Å². The van der Waals surface area contributed by atoms with Crippen molar-refractivity contribution in [3.63, 3.8) is 0 Å². The standard InChI is InChI=1S/C23H26F3N5/c1-22(2,3)19-9-6-10-31(19)20-17-7-4-5-8-18(17)29-21(30-20)28-16-12-14(23(24,25)26)11-15(27)13-16/h4-5,7-8,11-13,19H,6,9-10,27H2,1-3H3,(H,28,29,30)/t19-/m0/s1. The monoisotopic (exact) mass is 429 g/mol. The van der Waals surface area contributed by atoms with E-state index in [1.165, 1.54) is 6.07 Å². The number of rotatable bonds is 3. The van der Waals surface area contributed by atoms with Crippen molar-refractivity contribution in [1.29, 1.82) is 0 Å². The second kappa shape index (κ2) is 7.59. The summed E-state index contributed by atoms with van der Waals surface area (Å²) in [7, 11) is 0. The fourth-order valence-electron chi connectivity index (χ4n) is 4.27. The van der Waals surface area contributed by atoms with Gasteiger partial charge in [0.25, 0.3) is 0 Å².